The molecule has 28 heavy (non-hydrogen) atoms. The third-order valence-corrected chi connectivity index (χ3v) is 4.44. The molecule has 0 unspecified atom stereocenters. The topological polar surface area (TPSA) is 108 Å². The highest BCUT2D eigenvalue weighted by atomic mass is 16.5. The van der Waals surface area contributed by atoms with Crippen LogP contribution in [0.1, 0.15) is 15.9 Å². The zero-order valence-corrected chi connectivity index (χ0v) is 15.2. The first-order valence-electron chi connectivity index (χ1n) is 8.80. The molecule has 0 saturated carbocycles. The van der Waals surface area contributed by atoms with Crippen LogP contribution in [0.4, 0.5) is 29.0 Å². The van der Waals surface area contributed by atoms with Gasteiger partial charge in [-0.15, -0.1) is 0 Å². The number of ether oxygens (including phenoxy) is 1. The minimum Gasteiger partial charge on any atom is -0.495 e. The number of para-hydroxylation sites is 3. The van der Waals surface area contributed by atoms with Crippen LogP contribution in [0.25, 0.3) is 0 Å². The second-order valence-corrected chi connectivity index (χ2v) is 6.20. The molecule has 0 bridgehead atoms. The molecule has 4 rings (SSSR count). The molecule has 8 nitrogen and oxygen atoms in total. The maximum absolute atomic E-state index is 11.5. The van der Waals surface area contributed by atoms with Crippen LogP contribution >= 0.6 is 0 Å². The van der Waals surface area contributed by atoms with E-state index in [0.29, 0.717) is 23.2 Å². The Kier molecular flexibility index (Phi) is 4.67. The number of rotatable bonds is 6. The molecule has 0 atom stereocenters. The largest absolute Gasteiger partial charge is 0.495 e. The molecule has 0 spiro atoms. The van der Waals surface area contributed by atoms with E-state index >= 15 is 0 Å². The quantitative estimate of drug-likeness (QED) is 0.516. The van der Waals surface area contributed by atoms with Crippen LogP contribution in [0, 0.1) is 0 Å². The van der Waals surface area contributed by atoms with Crippen molar-refractivity contribution in [2.24, 2.45) is 0 Å². The summed E-state index contributed by atoms with van der Waals surface area (Å²) in [5.74, 6) is 1.35. The van der Waals surface area contributed by atoms with Crippen LogP contribution in [-0.2, 0) is 6.42 Å². The Morgan fingerprint density at radius 3 is 2.61 bits per heavy atom. The average molecular weight is 377 g/mol. The highest BCUT2D eigenvalue weighted by Crippen LogP contribution is 2.33. The summed E-state index contributed by atoms with van der Waals surface area (Å²) in [7, 11) is 1.60. The molecule has 0 saturated heterocycles. The number of hydrogen-bond donors (Lipinski definition) is 4. The number of aromatic nitrogens is 2. The first-order chi connectivity index (χ1) is 13.7. The highest BCUT2D eigenvalue weighted by Gasteiger charge is 2.21. The second kappa shape index (κ2) is 7.43. The van der Waals surface area contributed by atoms with Crippen molar-refractivity contribution in [3.63, 3.8) is 0 Å². The summed E-state index contributed by atoms with van der Waals surface area (Å²) >= 11 is 0. The zero-order valence-electron chi connectivity index (χ0n) is 15.2. The van der Waals surface area contributed by atoms with Crippen molar-refractivity contribution in [3.05, 3.63) is 59.7 Å². The summed E-state index contributed by atoms with van der Waals surface area (Å²) in [6, 6.07) is 14.2. The van der Waals surface area contributed by atoms with E-state index in [9.17, 15) is 9.90 Å². The van der Waals surface area contributed by atoms with E-state index in [2.05, 4.69) is 25.9 Å². The minimum atomic E-state index is -1.00. The van der Waals surface area contributed by atoms with Gasteiger partial charge in [0, 0.05) is 12.1 Å². The second-order valence-electron chi connectivity index (χ2n) is 6.20. The van der Waals surface area contributed by atoms with Gasteiger partial charge in [-0.3, -0.25) is 0 Å². The average Bonchev–Trinajstić information content (AvgIpc) is 3.17. The molecule has 8 heteroatoms. The molecule has 0 amide bonds. The Bertz CT molecular complexity index is 1040. The van der Waals surface area contributed by atoms with Gasteiger partial charge in [0.15, 0.2) is 0 Å². The van der Waals surface area contributed by atoms with Gasteiger partial charge in [-0.2, -0.15) is 9.97 Å². The minimum absolute atomic E-state index is 0.181. The summed E-state index contributed by atoms with van der Waals surface area (Å²) in [6.45, 7) is 0.747. The number of carbonyl (C=O) groups is 1. The van der Waals surface area contributed by atoms with Crippen LogP contribution in [0.3, 0.4) is 0 Å². The molecule has 1 aromatic heterocycles. The smallest absolute Gasteiger partial charge is 0.337 e. The van der Waals surface area contributed by atoms with Gasteiger partial charge in [-0.05, 0) is 30.7 Å². The molecule has 2 heterocycles. The standard InChI is InChI=1S/C20H19N5O3/c1-28-16-9-5-4-8-15(16)23-20-24-17-13(10-11-21-17)18(25-20)22-14-7-3-2-6-12(14)19(26)27/h2-9H,10-11H2,1H3,(H,26,27)(H3,21,22,23,24,25). The zero-order chi connectivity index (χ0) is 19.5. The molecular weight excluding hydrogens is 358 g/mol. The summed E-state index contributed by atoms with van der Waals surface area (Å²) in [5.41, 5.74) is 2.32. The number of nitrogens with one attached hydrogen (secondary N) is 3. The molecule has 0 aliphatic carbocycles. The van der Waals surface area contributed by atoms with Crippen molar-refractivity contribution in [2.45, 2.75) is 6.42 Å². The molecule has 142 valence electrons. The summed E-state index contributed by atoms with van der Waals surface area (Å²) in [4.78, 5) is 20.6. The van der Waals surface area contributed by atoms with Crippen LogP contribution in [0.2, 0.25) is 0 Å². The van der Waals surface area contributed by atoms with E-state index in [1.165, 1.54) is 0 Å². The third-order valence-electron chi connectivity index (χ3n) is 4.44. The summed E-state index contributed by atoms with van der Waals surface area (Å²) in [6.07, 6.45) is 0.752. The third kappa shape index (κ3) is 3.39. The van der Waals surface area contributed by atoms with Gasteiger partial charge in [0.2, 0.25) is 5.95 Å². The lowest BCUT2D eigenvalue weighted by Crippen LogP contribution is -2.08. The van der Waals surface area contributed by atoms with E-state index in [1.807, 2.05) is 24.3 Å². The van der Waals surface area contributed by atoms with Crippen LogP contribution in [0.5, 0.6) is 5.75 Å². The Balaban J connectivity index is 1.71. The van der Waals surface area contributed by atoms with Crippen LogP contribution < -0.4 is 20.7 Å². The van der Waals surface area contributed by atoms with E-state index in [1.54, 1.807) is 31.4 Å². The first-order valence-corrected chi connectivity index (χ1v) is 8.80. The van der Waals surface area contributed by atoms with E-state index in [0.717, 1.165) is 30.0 Å². The molecule has 1 aliphatic heterocycles. The van der Waals surface area contributed by atoms with E-state index in [-0.39, 0.29) is 5.56 Å². The SMILES string of the molecule is COc1ccccc1Nc1nc2c(c(Nc3ccccc3C(=O)O)n1)CCN2. The van der Waals surface area contributed by atoms with Crippen LogP contribution in [-0.4, -0.2) is 34.7 Å². The normalized spacial score (nSPS) is 12.0. The molecule has 0 fully saturated rings. The van der Waals surface area contributed by atoms with Crippen molar-refractivity contribution in [1.29, 1.82) is 0 Å². The van der Waals surface area contributed by atoms with Crippen molar-refractivity contribution in [3.8, 4) is 5.75 Å². The first kappa shape index (κ1) is 17.6. The Morgan fingerprint density at radius 2 is 1.82 bits per heavy atom. The molecule has 1 aliphatic rings. The maximum atomic E-state index is 11.5. The molecule has 4 N–H and O–H groups in total. The molecule has 2 aromatic carbocycles. The van der Waals surface area contributed by atoms with Gasteiger partial charge >= 0.3 is 5.97 Å². The van der Waals surface area contributed by atoms with Crippen LogP contribution in [0.15, 0.2) is 48.5 Å². The molecule has 3 aromatic rings. The van der Waals surface area contributed by atoms with Gasteiger partial charge in [-0.1, -0.05) is 24.3 Å². The van der Waals surface area contributed by atoms with Crippen molar-refractivity contribution < 1.29 is 14.6 Å². The van der Waals surface area contributed by atoms with Crippen molar-refractivity contribution >= 4 is 34.9 Å². The van der Waals surface area contributed by atoms with Gasteiger partial charge in [0.25, 0.3) is 0 Å². The molecular formula is C20H19N5O3. The number of carboxylic acids is 1. The number of nitrogens with zero attached hydrogens (tertiary/aromatic N) is 2. The van der Waals surface area contributed by atoms with Gasteiger partial charge in [0.05, 0.1) is 24.0 Å². The molecule has 0 radical (unpaired) electrons. The lowest BCUT2D eigenvalue weighted by Gasteiger charge is -2.15. The predicted octanol–water partition coefficient (Wildman–Crippen LogP) is 3.64. The summed E-state index contributed by atoms with van der Waals surface area (Å²) < 4.78 is 5.36. The van der Waals surface area contributed by atoms with E-state index < -0.39 is 5.97 Å². The summed E-state index contributed by atoms with van der Waals surface area (Å²) in [5, 5.41) is 19.0. The maximum Gasteiger partial charge on any atom is 0.337 e. The fourth-order valence-electron chi connectivity index (χ4n) is 3.11. The number of fused-ring (bicyclic) bond motifs is 1. The predicted molar refractivity (Wildman–Crippen MR) is 107 cm³/mol. The number of benzene rings is 2. The number of hydrogen-bond acceptors (Lipinski definition) is 7. The van der Waals surface area contributed by atoms with Gasteiger partial charge < -0.3 is 25.8 Å². The number of carboxylic acid groups (broad SMARTS) is 1. The van der Waals surface area contributed by atoms with Gasteiger partial charge in [-0.25, -0.2) is 4.79 Å². The fourth-order valence-corrected chi connectivity index (χ4v) is 3.11. The highest BCUT2D eigenvalue weighted by molar-refractivity contribution is 5.95. The number of anilines is 5. The van der Waals surface area contributed by atoms with E-state index in [4.69, 9.17) is 4.74 Å². The Labute approximate surface area is 161 Å². The fraction of sp³-hybridized carbons (Fsp3) is 0.150. The number of methoxy groups -OCH3 is 1. The van der Waals surface area contributed by atoms with Crippen molar-refractivity contribution in [1.82, 2.24) is 9.97 Å². The Morgan fingerprint density at radius 1 is 1.07 bits per heavy atom. The Hall–Kier alpha value is -3.81. The lowest BCUT2D eigenvalue weighted by atomic mass is 10.1. The number of aromatic carboxylic acids is 1. The lowest BCUT2D eigenvalue weighted by molar-refractivity contribution is 0.0698. The van der Waals surface area contributed by atoms with Gasteiger partial charge in [0.1, 0.15) is 17.4 Å². The van der Waals surface area contributed by atoms with Crippen molar-refractivity contribution in [2.75, 3.05) is 29.6 Å². The monoisotopic (exact) mass is 377 g/mol.